The summed E-state index contributed by atoms with van der Waals surface area (Å²) in [6.45, 7) is 1.90. The van der Waals surface area contributed by atoms with Crippen LogP contribution in [0, 0.1) is 11.3 Å². The molecule has 0 unspecified atom stereocenters. The third kappa shape index (κ3) is 6.50. The van der Waals surface area contributed by atoms with E-state index in [0.717, 1.165) is 0 Å². The molecule has 0 atom stereocenters. The maximum Gasteiger partial charge on any atom is 0.339 e. The minimum atomic E-state index is -4.15. The van der Waals surface area contributed by atoms with Crippen LogP contribution >= 0.6 is 15.9 Å². The predicted octanol–water partition coefficient (Wildman–Crippen LogP) is 4.86. The van der Waals surface area contributed by atoms with Crippen LogP contribution in [0.5, 0.6) is 11.5 Å². The van der Waals surface area contributed by atoms with Crippen molar-refractivity contribution in [3.8, 4) is 17.6 Å². The van der Waals surface area contributed by atoms with Crippen molar-refractivity contribution in [1.82, 2.24) is 0 Å². The molecule has 0 bridgehead atoms. The number of aromatic carboxylic acids is 1. The van der Waals surface area contributed by atoms with E-state index < -0.39 is 22.0 Å². The van der Waals surface area contributed by atoms with Crippen LogP contribution in [0.2, 0.25) is 0 Å². The molecular weight excluding hydrogens is 552 g/mol. The number of amides is 1. The summed E-state index contributed by atoms with van der Waals surface area (Å²) >= 11 is 3.28. The lowest BCUT2D eigenvalue weighted by Gasteiger charge is -2.14. The zero-order chi connectivity index (χ0) is 26.3. The Morgan fingerprint density at radius 3 is 2.36 bits per heavy atom. The van der Waals surface area contributed by atoms with Crippen LogP contribution in [0.4, 0.5) is 5.69 Å². The molecule has 0 aliphatic carbocycles. The molecule has 3 aromatic carbocycles. The van der Waals surface area contributed by atoms with E-state index in [1.165, 1.54) is 54.6 Å². The second-order valence-electron chi connectivity index (χ2n) is 7.12. The fourth-order valence-corrected chi connectivity index (χ4v) is 4.60. The second kappa shape index (κ2) is 11.5. The fourth-order valence-electron chi connectivity index (χ4n) is 2.97. The average Bonchev–Trinajstić information content (AvgIpc) is 2.85. The van der Waals surface area contributed by atoms with Crippen molar-refractivity contribution in [2.75, 3.05) is 11.9 Å². The molecule has 0 heterocycles. The minimum Gasteiger partial charge on any atom is -0.490 e. The van der Waals surface area contributed by atoms with Gasteiger partial charge in [0.2, 0.25) is 0 Å². The number of ether oxygens (including phenoxy) is 1. The number of carboxylic acids is 1. The van der Waals surface area contributed by atoms with E-state index in [4.69, 9.17) is 14.0 Å². The van der Waals surface area contributed by atoms with Gasteiger partial charge in [-0.3, -0.25) is 4.79 Å². The van der Waals surface area contributed by atoms with Crippen LogP contribution in [0.15, 0.2) is 81.7 Å². The van der Waals surface area contributed by atoms with Crippen molar-refractivity contribution >= 4 is 49.7 Å². The fraction of sp³-hybridized carbons (Fsp3) is 0.0800. The first-order valence-corrected chi connectivity index (χ1v) is 12.6. The van der Waals surface area contributed by atoms with Crippen molar-refractivity contribution in [2.45, 2.75) is 11.8 Å². The Bertz CT molecular complexity index is 1460. The first-order valence-electron chi connectivity index (χ1n) is 10.4. The summed E-state index contributed by atoms with van der Waals surface area (Å²) in [6, 6.07) is 17.8. The highest BCUT2D eigenvalue weighted by molar-refractivity contribution is 9.10. The Morgan fingerprint density at radius 2 is 1.78 bits per heavy atom. The van der Waals surface area contributed by atoms with E-state index in [-0.39, 0.29) is 38.6 Å². The van der Waals surface area contributed by atoms with Crippen molar-refractivity contribution < 1.29 is 32.0 Å². The number of nitrogens with one attached hydrogen (secondary N) is 1. The number of hydrogen-bond donors (Lipinski definition) is 2. The molecule has 1 amide bonds. The molecule has 2 N–H and O–H groups in total. The Balaban J connectivity index is 1.90. The summed E-state index contributed by atoms with van der Waals surface area (Å²) in [6.07, 6.45) is 1.30. The quantitative estimate of drug-likeness (QED) is 0.211. The number of carbonyl (C=O) groups is 2. The standard InChI is InChI=1S/C25H19BrN2O7S/c1-2-34-22-14-16(13-21(26)23(22)35-36(32,33)20-6-4-3-5-7-20)12-18(15-27)24(29)28-19-10-8-17(9-11-19)25(30)31/h3-14H,2H2,1H3,(H,28,29)(H,30,31)/b18-12+. The molecule has 0 aliphatic heterocycles. The molecule has 0 spiro atoms. The Hall–Kier alpha value is -4.14. The molecular formula is C25H19BrN2O7S. The highest BCUT2D eigenvalue weighted by atomic mass is 79.9. The summed E-state index contributed by atoms with van der Waals surface area (Å²) in [5.74, 6) is -1.83. The Labute approximate surface area is 215 Å². The van der Waals surface area contributed by atoms with Gasteiger partial charge in [-0.05, 0) is 83.0 Å². The van der Waals surface area contributed by atoms with Crippen LogP contribution < -0.4 is 14.2 Å². The van der Waals surface area contributed by atoms with Gasteiger partial charge in [-0.15, -0.1) is 0 Å². The molecule has 0 radical (unpaired) electrons. The van der Waals surface area contributed by atoms with E-state index in [1.54, 1.807) is 25.1 Å². The SMILES string of the molecule is CCOc1cc(/C=C(\C#N)C(=O)Nc2ccc(C(=O)O)cc2)cc(Br)c1OS(=O)(=O)c1ccccc1. The molecule has 184 valence electrons. The third-order valence-corrected chi connectivity index (χ3v) is 6.45. The number of hydrogen-bond acceptors (Lipinski definition) is 7. The van der Waals surface area contributed by atoms with E-state index >= 15 is 0 Å². The Kier molecular flexibility index (Phi) is 8.47. The lowest BCUT2D eigenvalue weighted by Crippen LogP contribution is -2.13. The monoisotopic (exact) mass is 570 g/mol. The van der Waals surface area contributed by atoms with Gasteiger partial charge in [0.25, 0.3) is 5.91 Å². The normalized spacial score (nSPS) is 11.3. The van der Waals surface area contributed by atoms with E-state index in [2.05, 4.69) is 21.2 Å². The molecule has 3 rings (SSSR count). The van der Waals surface area contributed by atoms with Crippen molar-refractivity contribution in [2.24, 2.45) is 0 Å². The molecule has 0 aromatic heterocycles. The van der Waals surface area contributed by atoms with Gasteiger partial charge in [0.1, 0.15) is 16.5 Å². The first-order chi connectivity index (χ1) is 17.1. The minimum absolute atomic E-state index is 0.0388. The number of benzene rings is 3. The predicted molar refractivity (Wildman–Crippen MR) is 135 cm³/mol. The van der Waals surface area contributed by atoms with Crippen LogP contribution in [0.1, 0.15) is 22.8 Å². The van der Waals surface area contributed by atoms with E-state index in [1.807, 2.05) is 6.07 Å². The number of anilines is 1. The number of nitrogens with zero attached hydrogens (tertiary/aromatic N) is 1. The summed E-state index contributed by atoms with van der Waals surface area (Å²) in [5.41, 5.74) is 0.464. The van der Waals surface area contributed by atoms with Gasteiger partial charge in [-0.2, -0.15) is 13.7 Å². The molecule has 0 aliphatic rings. The third-order valence-electron chi connectivity index (χ3n) is 4.62. The molecule has 11 heteroatoms. The smallest absolute Gasteiger partial charge is 0.339 e. The van der Waals surface area contributed by atoms with Gasteiger partial charge < -0.3 is 19.3 Å². The lowest BCUT2D eigenvalue weighted by molar-refractivity contribution is -0.112. The summed E-state index contributed by atoms with van der Waals surface area (Å²) in [5, 5.41) is 21.0. The molecule has 36 heavy (non-hydrogen) atoms. The number of halogens is 1. The first kappa shape index (κ1) is 26.5. The summed E-state index contributed by atoms with van der Waals surface area (Å²) < 4.78 is 36.5. The Morgan fingerprint density at radius 1 is 1.11 bits per heavy atom. The van der Waals surface area contributed by atoms with Crippen LogP contribution in [-0.2, 0) is 14.9 Å². The van der Waals surface area contributed by atoms with Crippen molar-refractivity contribution in [1.29, 1.82) is 5.26 Å². The zero-order valence-corrected chi connectivity index (χ0v) is 21.2. The largest absolute Gasteiger partial charge is 0.490 e. The van der Waals surface area contributed by atoms with Gasteiger partial charge in [0, 0.05) is 5.69 Å². The van der Waals surface area contributed by atoms with Gasteiger partial charge >= 0.3 is 16.1 Å². The van der Waals surface area contributed by atoms with Gasteiger partial charge in [-0.1, -0.05) is 18.2 Å². The molecule has 0 fully saturated rings. The lowest BCUT2D eigenvalue weighted by atomic mass is 10.1. The van der Waals surface area contributed by atoms with Crippen molar-refractivity contribution in [3.05, 3.63) is 87.9 Å². The van der Waals surface area contributed by atoms with Gasteiger partial charge in [-0.25, -0.2) is 4.79 Å². The molecule has 0 saturated heterocycles. The number of nitriles is 1. The molecule has 3 aromatic rings. The van der Waals surface area contributed by atoms with E-state index in [9.17, 15) is 23.3 Å². The molecule has 9 nitrogen and oxygen atoms in total. The number of carboxylic acid groups (broad SMARTS) is 1. The topological polar surface area (TPSA) is 143 Å². The number of rotatable bonds is 9. The molecule has 0 saturated carbocycles. The average molecular weight is 571 g/mol. The van der Waals surface area contributed by atoms with Gasteiger partial charge in [0.05, 0.1) is 16.6 Å². The maximum absolute atomic E-state index is 12.7. The van der Waals surface area contributed by atoms with Gasteiger partial charge in [0.15, 0.2) is 11.5 Å². The zero-order valence-electron chi connectivity index (χ0n) is 18.8. The second-order valence-corrected chi connectivity index (χ2v) is 9.52. The maximum atomic E-state index is 12.7. The van der Waals surface area contributed by atoms with Crippen LogP contribution in [0.25, 0.3) is 6.08 Å². The van der Waals surface area contributed by atoms with Crippen LogP contribution in [-0.4, -0.2) is 32.0 Å². The summed E-state index contributed by atoms with van der Waals surface area (Å²) in [7, 11) is -4.15. The highest BCUT2D eigenvalue weighted by Crippen LogP contribution is 2.39. The summed E-state index contributed by atoms with van der Waals surface area (Å²) in [4.78, 5) is 23.5. The van der Waals surface area contributed by atoms with Crippen LogP contribution in [0.3, 0.4) is 0 Å². The van der Waals surface area contributed by atoms with E-state index in [0.29, 0.717) is 11.3 Å². The van der Waals surface area contributed by atoms with Crippen molar-refractivity contribution in [3.63, 3.8) is 0 Å². The number of carbonyl (C=O) groups excluding carboxylic acids is 1. The highest BCUT2D eigenvalue weighted by Gasteiger charge is 2.22.